The number of carbonyl (C=O) groups is 1. The third-order valence-corrected chi connectivity index (χ3v) is 11.9. The van der Waals surface area contributed by atoms with Gasteiger partial charge in [0.25, 0.3) is 0 Å². The van der Waals surface area contributed by atoms with Crippen LogP contribution in [0.2, 0.25) is 0 Å². The zero-order valence-electron chi connectivity index (χ0n) is 30.0. The first-order valence-electron chi connectivity index (χ1n) is 17.9. The molecule has 13 heteroatoms. The number of nitrogens with zero attached hydrogens (tertiary/aromatic N) is 2. The number of carbonyl (C=O) groups excluding carboxylic acids is 1. The standard InChI is InChI=1S/C40H48N5O7P/c1-3-51-53(49,52-4-2)26-50-31-18-15-28(16-19-31)25-45-39(48)44(24-29-17-20-34(41)32(21-29)38(42)43)35(22-27-11-7-5-8-12-27)36(46)37(47)40(45)23-33(40)30-13-9-6-10-14-30/h5-21,33,35-37,46-47H,3-4,22-26,41H2,1-2H3,(H3,42,43)/t33?,35-,36+,37-,40?/m1/s1. The van der Waals surface area contributed by atoms with Gasteiger partial charge < -0.3 is 45.3 Å². The molecule has 7 N–H and O–H groups in total. The van der Waals surface area contributed by atoms with Crippen LogP contribution in [0.3, 0.4) is 0 Å². The van der Waals surface area contributed by atoms with E-state index in [9.17, 15) is 14.8 Å². The van der Waals surface area contributed by atoms with E-state index in [-0.39, 0.29) is 50.4 Å². The van der Waals surface area contributed by atoms with Crippen LogP contribution in [-0.2, 0) is 33.1 Å². The molecule has 1 saturated carbocycles. The van der Waals surface area contributed by atoms with Crippen LogP contribution in [-0.4, -0.2) is 75.2 Å². The topological polar surface area (TPSA) is 185 Å². The van der Waals surface area contributed by atoms with Crippen molar-refractivity contribution in [1.82, 2.24) is 9.80 Å². The molecule has 1 spiro atoms. The molecule has 0 aromatic heterocycles. The van der Waals surface area contributed by atoms with E-state index in [1.807, 2.05) is 72.8 Å². The minimum atomic E-state index is -3.43. The Morgan fingerprint density at radius 3 is 2.13 bits per heavy atom. The number of amidine groups is 1. The van der Waals surface area contributed by atoms with Crippen LogP contribution in [0.1, 0.15) is 54.0 Å². The molecule has 6 rings (SSSR count). The van der Waals surface area contributed by atoms with E-state index < -0.39 is 31.4 Å². The lowest BCUT2D eigenvalue weighted by Crippen LogP contribution is -2.52. The number of benzene rings is 4. The number of amides is 2. The maximum atomic E-state index is 15.2. The third-order valence-electron chi connectivity index (χ3n) is 10.1. The molecule has 1 saturated heterocycles. The van der Waals surface area contributed by atoms with Gasteiger partial charge in [0.2, 0.25) is 0 Å². The second-order valence-electron chi connectivity index (χ2n) is 13.5. The average Bonchev–Trinajstić information content (AvgIpc) is 3.92. The Morgan fingerprint density at radius 1 is 0.887 bits per heavy atom. The van der Waals surface area contributed by atoms with Gasteiger partial charge in [0, 0.05) is 30.3 Å². The first-order chi connectivity index (χ1) is 25.5. The van der Waals surface area contributed by atoms with E-state index in [2.05, 4.69) is 0 Å². The molecule has 2 amide bonds. The Kier molecular flexibility index (Phi) is 11.6. The predicted molar refractivity (Wildman–Crippen MR) is 204 cm³/mol. The van der Waals surface area contributed by atoms with Crippen LogP contribution in [0, 0.1) is 5.41 Å². The SMILES string of the molecule is CCOP(=O)(COc1ccc(CN2C(=O)N(Cc3ccc(N)c(C(=N)N)c3)[C@H](Cc3ccccc3)[C@H](O)[C@@H](O)C23CC3c2ccccc2)cc1)OCC. The second kappa shape index (κ2) is 16.1. The number of urea groups is 1. The van der Waals surface area contributed by atoms with Crippen molar-refractivity contribution < 1.29 is 33.4 Å². The summed E-state index contributed by atoms with van der Waals surface area (Å²) in [7, 11) is -3.43. The van der Waals surface area contributed by atoms with E-state index >= 15 is 4.79 Å². The van der Waals surface area contributed by atoms with Crippen LogP contribution < -0.4 is 16.2 Å². The predicted octanol–water partition coefficient (Wildman–Crippen LogP) is 5.85. The maximum Gasteiger partial charge on any atom is 0.367 e. The summed E-state index contributed by atoms with van der Waals surface area (Å²) >= 11 is 0. The Bertz CT molecular complexity index is 1920. The van der Waals surface area contributed by atoms with E-state index in [0.717, 1.165) is 16.7 Å². The fourth-order valence-electron chi connectivity index (χ4n) is 7.46. The number of nitrogens with two attached hydrogens (primary N) is 2. The lowest BCUT2D eigenvalue weighted by Gasteiger charge is -2.37. The lowest BCUT2D eigenvalue weighted by molar-refractivity contribution is -0.0502. The molecule has 5 atom stereocenters. The number of aliphatic hydroxyl groups is 2. The van der Waals surface area contributed by atoms with Crippen molar-refractivity contribution in [3.05, 3.63) is 131 Å². The van der Waals surface area contributed by atoms with Crippen LogP contribution in [0.5, 0.6) is 5.75 Å². The number of aliphatic hydroxyl groups excluding tert-OH is 2. The van der Waals surface area contributed by atoms with Crippen molar-refractivity contribution in [3.63, 3.8) is 0 Å². The summed E-state index contributed by atoms with van der Waals surface area (Å²) in [6, 6.07) is 30.4. The molecule has 53 heavy (non-hydrogen) atoms. The van der Waals surface area contributed by atoms with E-state index in [1.165, 1.54) is 0 Å². The zero-order valence-corrected chi connectivity index (χ0v) is 30.9. The molecule has 2 unspecified atom stereocenters. The number of anilines is 1. The van der Waals surface area contributed by atoms with Crippen LogP contribution >= 0.6 is 7.60 Å². The molecule has 0 radical (unpaired) electrons. The van der Waals surface area contributed by atoms with Gasteiger partial charge in [-0.1, -0.05) is 78.9 Å². The monoisotopic (exact) mass is 741 g/mol. The first-order valence-corrected chi connectivity index (χ1v) is 19.6. The number of rotatable bonds is 15. The average molecular weight is 742 g/mol. The smallest absolute Gasteiger partial charge is 0.367 e. The van der Waals surface area contributed by atoms with Crippen molar-refractivity contribution in [1.29, 1.82) is 5.41 Å². The third kappa shape index (κ3) is 8.12. The van der Waals surface area contributed by atoms with Crippen molar-refractivity contribution in [2.45, 2.75) is 69.5 Å². The first kappa shape index (κ1) is 38.0. The number of nitrogen functional groups attached to an aromatic ring is 2. The van der Waals surface area contributed by atoms with Gasteiger partial charge in [-0.25, -0.2) is 4.79 Å². The van der Waals surface area contributed by atoms with Gasteiger partial charge in [-0.3, -0.25) is 9.97 Å². The normalized spacial score (nSPS) is 22.8. The minimum absolute atomic E-state index is 0.0652. The van der Waals surface area contributed by atoms with Gasteiger partial charge in [0.1, 0.15) is 23.8 Å². The maximum absolute atomic E-state index is 15.2. The van der Waals surface area contributed by atoms with E-state index in [1.54, 1.807) is 54.0 Å². The number of hydrogen-bond donors (Lipinski definition) is 5. The molecule has 0 bridgehead atoms. The highest BCUT2D eigenvalue weighted by Crippen LogP contribution is 2.60. The summed E-state index contributed by atoms with van der Waals surface area (Å²) in [4.78, 5) is 18.6. The highest BCUT2D eigenvalue weighted by molar-refractivity contribution is 7.53. The highest BCUT2D eigenvalue weighted by Gasteiger charge is 2.68. The zero-order chi connectivity index (χ0) is 37.8. The molecular formula is C40H48N5O7P. The van der Waals surface area contributed by atoms with E-state index in [0.29, 0.717) is 35.4 Å². The molecule has 2 fully saturated rings. The fourth-order valence-corrected chi connectivity index (χ4v) is 8.78. The second-order valence-corrected chi connectivity index (χ2v) is 15.5. The highest BCUT2D eigenvalue weighted by atomic mass is 31.2. The molecule has 1 aliphatic heterocycles. The summed E-state index contributed by atoms with van der Waals surface area (Å²) in [5.74, 6) is 0.0194. The number of nitrogens with one attached hydrogen (secondary N) is 1. The number of hydrogen-bond acceptors (Lipinski definition) is 9. The fraction of sp³-hybridized carbons (Fsp3) is 0.350. The molecule has 4 aromatic rings. The molecule has 4 aromatic carbocycles. The summed E-state index contributed by atoms with van der Waals surface area (Å²) in [6.45, 7) is 4.09. The summed E-state index contributed by atoms with van der Waals surface area (Å²) in [5.41, 5.74) is 14.9. The summed E-state index contributed by atoms with van der Waals surface area (Å²) < 4.78 is 29.5. The van der Waals surface area contributed by atoms with Gasteiger partial charge in [0.05, 0.1) is 24.8 Å². The van der Waals surface area contributed by atoms with Gasteiger partial charge >= 0.3 is 13.6 Å². The van der Waals surface area contributed by atoms with Gasteiger partial charge in [-0.05, 0) is 73.2 Å². The Morgan fingerprint density at radius 2 is 1.51 bits per heavy atom. The molecule has 280 valence electrons. The van der Waals surface area contributed by atoms with Crippen LogP contribution in [0.15, 0.2) is 103 Å². The molecule has 1 aliphatic carbocycles. The molecule has 2 aliphatic rings. The van der Waals surface area contributed by atoms with Gasteiger partial charge in [-0.15, -0.1) is 0 Å². The van der Waals surface area contributed by atoms with Crippen LogP contribution in [0.25, 0.3) is 0 Å². The van der Waals surface area contributed by atoms with Crippen LogP contribution in [0.4, 0.5) is 10.5 Å². The molecule has 12 nitrogen and oxygen atoms in total. The Hall–Kier alpha value is -4.71. The van der Waals surface area contributed by atoms with E-state index in [4.69, 9.17) is 30.7 Å². The minimum Gasteiger partial charge on any atom is -0.481 e. The Labute approximate surface area is 310 Å². The largest absolute Gasteiger partial charge is 0.481 e. The molecular weight excluding hydrogens is 693 g/mol. The summed E-state index contributed by atoms with van der Waals surface area (Å²) in [5, 5.41) is 32.5. The van der Waals surface area contributed by atoms with Crippen molar-refractivity contribution in [2.24, 2.45) is 5.73 Å². The molecule has 1 heterocycles. The van der Waals surface area contributed by atoms with Gasteiger partial charge in [-0.2, -0.15) is 0 Å². The quantitative estimate of drug-likeness (QED) is 0.0432. The van der Waals surface area contributed by atoms with Crippen molar-refractivity contribution in [2.75, 3.05) is 25.3 Å². The van der Waals surface area contributed by atoms with Gasteiger partial charge in [0.15, 0.2) is 6.35 Å². The summed E-state index contributed by atoms with van der Waals surface area (Å²) in [6.07, 6.45) is -2.10. The number of ether oxygens (including phenoxy) is 1. The Balaban J connectivity index is 1.38. The van der Waals surface area contributed by atoms with Crippen molar-refractivity contribution in [3.8, 4) is 5.75 Å². The lowest BCUT2D eigenvalue weighted by atomic mass is 9.90. The van der Waals surface area contributed by atoms with Crippen molar-refractivity contribution >= 4 is 25.1 Å².